The number of hydrazine groups is 1. The first-order valence-corrected chi connectivity index (χ1v) is 9.38. The number of carbonyl (C=O) groups is 1. The Morgan fingerprint density at radius 3 is 2.54 bits per heavy atom. The van der Waals surface area contributed by atoms with Crippen molar-refractivity contribution in [3.63, 3.8) is 0 Å². The maximum Gasteiger partial charge on any atom is 0.270 e. The van der Waals surface area contributed by atoms with Gasteiger partial charge in [0.1, 0.15) is 0 Å². The number of nitrogens with zero attached hydrogens (tertiary/aromatic N) is 3. The number of benzene rings is 2. The van der Waals surface area contributed by atoms with E-state index in [-0.39, 0.29) is 5.91 Å². The summed E-state index contributed by atoms with van der Waals surface area (Å²) in [7, 11) is 1.69. The summed E-state index contributed by atoms with van der Waals surface area (Å²) in [4.78, 5) is 17.7. The lowest BCUT2D eigenvalue weighted by Gasteiger charge is -2.35. The molecule has 0 saturated carbocycles. The van der Waals surface area contributed by atoms with Crippen molar-refractivity contribution in [3.05, 3.63) is 66.2 Å². The molecule has 1 fully saturated rings. The molecule has 0 spiro atoms. The molecule has 1 aromatic heterocycles. The van der Waals surface area contributed by atoms with E-state index in [0.717, 1.165) is 22.2 Å². The van der Waals surface area contributed by atoms with Crippen LogP contribution in [0.2, 0.25) is 0 Å². The van der Waals surface area contributed by atoms with Crippen LogP contribution < -0.4 is 0 Å². The number of ether oxygens (including phenoxy) is 1. The molecule has 0 radical (unpaired) electrons. The molecule has 6 heteroatoms. The Morgan fingerprint density at radius 1 is 1.11 bits per heavy atom. The lowest BCUT2D eigenvalue weighted by molar-refractivity contribution is -0.161. The average molecular weight is 377 g/mol. The summed E-state index contributed by atoms with van der Waals surface area (Å²) in [6.45, 7) is 2.40. The van der Waals surface area contributed by atoms with Gasteiger partial charge in [-0.15, -0.1) is 0 Å². The SMILES string of the molecule is CN(C(=O)C(O)c1cc(-c2ccccc2)nc2ccccc12)N1CCOCC1. The van der Waals surface area contributed by atoms with Crippen LogP contribution in [0.1, 0.15) is 11.7 Å². The molecular formula is C22H23N3O3. The van der Waals surface area contributed by atoms with Crippen LogP contribution in [0.15, 0.2) is 60.7 Å². The Labute approximate surface area is 163 Å². The fourth-order valence-electron chi connectivity index (χ4n) is 3.49. The number of aliphatic hydroxyl groups excluding tert-OH is 1. The highest BCUT2D eigenvalue weighted by Crippen LogP contribution is 2.29. The minimum absolute atomic E-state index is 0.364. The van der Waals surface area contributed by atoms with Crippen molar-refractivity contribution < 1.29 is 14.6 Å². The number of hydrogen-bond acceptors (Lipinski definition) is 5. The number of aliphatic hydroxyl groups is 1. The summed E-state index contributed by atoms with van der Waals surface area (Å²) < 4.78 is 5.35. The third kappa shape index (κ3) is 3.62. The summed E-state index contributed by atoms with van der Waals surface area (Å²) in [5, 5.41) is 15.2. The molecular weight excluding hydrogens is 354 g/mol. The fraction of sp³-hybridized carbons (Fsp3) is 0.273. The standard InChI is InChI=1S/C22H23N3O3/c1-24(25-11-13-28-14-12-25)22(27)21(26)18-15-20(16-7-3-2-4-8-16)23-19-10-6-5-9-17(18)19/h2-10,15,21,26H,11-14H2,1H3. The van der Waals surface area contributed by atoms with Crippen molar-refractivity contribution in [3.8, 4) is 11.3 Å². The van der Waals surface area contributed by atoms with Crippen LogP contribution in [-0.2, 0) is 9.53 Å². The zero-order valence-electron chi connectivity index (χ0n) is 15.8. The molecule has 0 aliphatic carbocycles. The van der Waals surface area contributed by atoms with Crippen LogP contribution in [-0.4, -0.2) is 59.4 Å². The molecule has 2 heterocycles. The van der Waals surface area contributed by atoms with Crippen LogP contribution in [0.3, 0.4) is 0 Å². The third-order valence-electron chi connectivity index (χ3n) is 5.08. The summed E-state index contributed by atoms with van der Waals surface area (Å²) in [6.07, 6.45) is -1.27. The maximum atomic E-state index is 13.0. The van der Waals surface area contributed by atoms with E-state index in [1.165, 1.54) is 5.01 Å². The summed E-state index contributed by atoms with van der Waals surface area (Å²) in [6, 6.07) is 19.2. The highest BCUT2D eigenvalue weighted by atomic mass is 16.5. The number of pyridine rings is 1. The number of hydrogen-bond donors (Lipinski definition) is 1. The van der Waals surface area contributed by atoms with Crippen LogP contribution in [0, 0.1) is 0 Å². The van der Waals surface area contributed by atoms with Crippen molar-refractivity contribution in [1.82, 2.24) is 15.0 Å². The topological polar surface area (TPSA) is 65.9 Å². The van der Waals surface area contributed by atoms with Crippen LogP contribution in [0.4, 0.5) is 0 Å². The average Bonchev–Trinajstić information content (AvgIpc) is 2.78. The maximum absolute atomic E-state index is 13.0. The molecule has 1 saturated heterocycles. The third-order valence-corrected chi connectivity index (χ3v) is 5.08. The smallest absolute Gasteiger partial charge is 0.270 e. The zero-order valence-corrected chi connectivity index (χ0v) is 15.8. The monoisotopic (exact) mass is 377 g/mol. The van der Waals surface area contributed by atoms with E-state index in [4.69, 9.17) is 9.72 Å². The van der Waals surface area contributed by atoms with Crippen molar-refractivity contribution in [2.75, 3.05) is 33.4 Å². The molecule has 28 heavy (non-hydrogen) atoms. The van der Waals surface area contributed by atoms with Gasteiger partial charge in [0, 0.05) is 36.7 Å². The van der Waals surface area contributed by atoms with Gasteiger partial charge in [0.25, 0.3) is 5.91 Å². The molecule has 3 aromatic rings. The van der Waals surface area contributed by atoms with Crippen molar-refractivity contribution >= 4 is 16.8 Å². The molecule has 0 bridgehead atoms. The lowest BCUT2D eigenvalue weighted by atomic mass is 9.99. The first-order valence-electron chi connectivity index (χ1n) is 9.38. The molecule has 1 amide bonds. The second kappa shape index (κ2) is 8.06. The second-order valence-corrected chi connectivity index (χ2v) is 6.81. The molecule has 4 rings (SSSR count). The largest absolute Gasteiger partial charge is 0.379 e. The fourth-order valence-corrected chi connectivity index (χ4v) is 3.49. The Hall–Kier alpha value is -2.80. The number of rotatable bonds is 4. The van der Waals surface area contributed by atoms with Gasteiger partial charge >= 0.3 is 0 Å². The van der Waals surface area contributed by atoms with Crippen LogP contribution >= 0.6 is 0 Å². The molecule has 6 nitrogen and oxygen atoms in total. The first-order chi connectivity index (χ1) is 13.6. The molecule has 144 valence electrons. The minimum Gasteiger partial charge on any atom is -0.379 e. The van der Waals surface area contributed by atoms with E-state index in [2.05, 4.69) is 0 Å². The molecule has 2 aromatic carbocycles. The van der Waals surface area contributed by atoms with E-state index in [9.17, 15) is 9.90 Å². The second-order valence-electron chi connectivity index (χ2n) is 6.81. The Balaban J connectivity index is 1.73. The predicted octanol–water partition coefficient (Wildman–Crippen LogP) is 2.64. The first kappa shape index (κ1) is 18.6. The van der Waals surface area contributed by atoms with Gasteiger partial charge in [-0.3, -0.25) is 9.80 Å². The minimum atomic E-state index is -1.27. The van der Waals surface area contributed by atoms with Gasteiger partial charge in [0.15, 0.2) is 6.10 Å². The summed E-state index contributed by atoms with van der Waals surface area (Å²) in [5.41, 5.74) is 2.99. The summed E-state index contributed by atoms with van der Waals surface area (Å²) >= 11 is 0. The Bertz CT molecular complexity index is 971. The van der Waals surface area contributed by atoms with Gasteiger partial charge in [-0.1, -0.05) is 48.5 Å². The van der Waals surface area contributed by atoms with Crippen molar-refractivity contribution in [2.24, 2.45) is 0 Å². The van der Waals surface area contributed by atoms with E-state index in [1.807, 2.05) is 65.7 Å². The number of likely N-dealkylation sites (N-methyl/N-ethyl adjacent to an activating group) is 1. The molecule has 1 atom stereocenters. The number of amides is 1. The normalized spacial score (nSPS) is 16.1. The number of morpholine rings is 1. The highest BCUT2D eigenvalue weighted by Gasteiger charge is 2.28. The summed E-state index contributed by atoms with van der Waals surface area (Å²) in [5.74, 6) is -0.364. The van der Waals surface area contributed by atoms with Crippen molar-refractivity contribution in [1.29, 1.82) is 0 Å². The van der Waals surface area contributed by atoms with Gasteiger partial charge in [-0.05, 0) is 12.1 Å². The molecule has 1 aliphatic rings. The molecule has 1 aliphatic heterocycles. The Kier molecular flexibility index (Phi) is 5.34. The van der Waals surface area contributed by atoms with Gasteiger partial charge in [0.2, 0.25) is 0 Å². The predicted molar refractivity (Wildman–Crippen MR) is 107 cm³/mol. The zero-order chi connectivity index (χ0) is 19.5. The van der Waals surface area contributed by atoms with E-state index < -0.39 is 6.10 Å². The quantitative estimate of drug-likeness (QED) is 0.757. The number of para-hydroxylation sites is 1. The Morgan fingerprint density at radius 2 is 1.79 bits per heavy atom. The lowest BCUT2D eigenvalue weighted by Crippen LogP contribution is -2.50. The van der Waals surface area contributed by atoms with Gasteiger partial charge in [-0.2, -0.15) is 0 Å². The van der Waals surface area contributed by atoms with Gasteiger partial charge in [-0.25, -0.2) is 9.99 Å². The molecule has 1 unspecified atom stereocenters. The van der Waals surface area contributed by atoms with Crippen LogP contribution in [0.5, 0.6) is 0 Å². The highest BCUT2D eigenvalue weighted by molar-refractivity contribution is 5.91. The number of carbonyl (C=O) groups excluding carboxylic acids is 1. The van der Waals surface area contributed by atoms with E-state index in [0.29, 0.717) is 31.9 Å². The molecule has 1 N–H and O–H groups in total. The van der Waals surface area contributed by atoms with E-state index >= 15 is 0 Å². The number of fused-ring (bicyclic) bond motifs is 1. The number of aromatic nitrogens is 1. The van der Waals surface area contributed by atoms with Gasteiger partial charge < -0.3 is 9.84 Å². The van der Waals surface area contributed by atoms with Crippen LogP contribution in [0.25, 0.3) is 22.2 Å². The van der Waals surface area contributed by atoms with E-state index in [1.54, 1.807) is 7.05 Å². The van der Waals surface area contributed by atoms with Crippen molar-refractivity contribution in [2.45, 2.75) is 6.10 Å². The van der Waals surface area contributed by atoms with Gasteiger partial charge in [0.05, 0.1) is 24.4 Å².